The minimum Gasteiger partial charge on any atom is -0.497 e. The van der Waals surface area contributed by atoms with Crippen molar-refractivity contribution in [2.75, 3.05) is 13.7 Å². The van der Waals surface area contributed by atoms with Gasteiger partial charge in [-0.25, -0.2) is 0 Å². The van der Waals surface area contributed by atoms with E-state index in [1.807, 2.05) is 37.3 Å². The lowest BCUT2D eigenvalue weighted by atomic mass is 9.89. The van der Waals surface area contributed by atoms with Crippen LogP contribution in [0.1, 0.15) is 24.8 Å². The summed E-state index contributed by atoms with van der Waals surface area (Å²) in [6.07, 6.45) is -2.61. The molecule has 162 valence electrons. The Morgan fingerprint density at radius 2 is 1.87 bits per heavy atom. The van der Waals surface area contributed by atoms with Gasteiger partial charge in [0, 0.05) is 11.6 Å². The first-order valence-electron chi connectivity index (χ1n) is 9.66. The zero-order chi connectivity index (χ0) is 21.8. The average molecular weight is 435 g/mol. The quantitative estimate of drug-likeness (QED) is 0.443. The summed E-state index contributed by atoms with van der Waals surface area (Å²) in [5.41, 5.74) is 1.28. The van der Waals surface area contributed by atoms with E-state index in [0.29, 0.717) is 22.8 Å². The Kier molecular flexibility index (Phi) is 7.41. The van der Waals surface area contributed by atoms with E-state index in [-0.39, 0.29) is 5.92 Å². The van der Waals surface area contributed by atoms with Crippen molar-refractivity contribution in [2.45, 2.75) is 49.1 Å². The predicted molar refractivity (Wildman–Crippen MR) is 111 cm³/mol. The van der Waals surface area contributed by atoms with E-state index in [9.17, 15) is 25.7 Å². The molecule has 0 aromatic heterocycles. The van der Waals surface area contributed by atoms with Crippen molar-refractivity contribution in [2.24, 2.45) is 0 Å². The second-order valence-electron chi connectivity index (χ2n) is 7.09. The van der Waals surface area contributed by atoms with Crippen molar-refractivity contribution in [1.29, 1.82) is 5.26 Å². The Morgan fingerprint density at radius 1 is 1.17 bits per heavy atom. The lowest BCUT2D eigenvalue weighted by molar-refractivity contribution is -0.205. The number of thioether (sulfide) groups is 1. The Bertz CT molecular complexity index is 848. The molecule has 5 N–H and O–H groups in total. The molecule has 8 nitrogen and oxygen atoms in total. The van der Waals surface area contributed by atoms with Crippen LogP contribution < -0.4 is 10.1 Å². The fraction of sp³-hybridized carbons (Fsp3) is 0.476. The maximum atomic E-state index is 10.4. The van der Waals surface area contributed by atoms with Crippen LogP contribution in [0.15, 0.2) is 46.6 Å². The number of hydrogen-bond donors (Lipinski definition) is 5. The van der Waals surface area contributed by atoms with E-state index in [1.54, 1.807) is 7.11 Å². The standard InChI is InChI=1S/C21H26N2O6S/c1-3-12-8-14(11-4-6-13(28-2)7-5-11)15(9-22)20(23-12)30-21-19(27)18(26)17(25)16(10-24)29-21/h4-8,14,16-19,21,23-27H,3,10H2,1-2H3/t14?,16-,17+,18+,19-,21+/m1/s1. The highest BCUT2D eigenvalue weighted by molar-refractivity contribution is 8.03. The zero-order valence-electron chi connectivity index (χ0n) is 16.7. The molecule has 1 aromatic rings. The normalized spacial score (nSPS) is 31.6. The SMILES string of the molecule is CCC1=CC(c2ccc(OC)cc2)C(C#N)=C(S[C@@H]2O[C@H](CO)[C@H](O)[C@H](O)[C@H]2O)N1. The number of allylic oxidation sites excluding steroid dienone is 3. The number of benzene rings is 1. The first-order valence-corrected chi connectivity index (χ1v) is 10.5. The molecule has 0 aliphatic carbocycles. The first kappa shape index (κ1) is 22.6. The van der Waals surface area contributed by atoms with E-state index in [2.05, 4.69) is 11.4 Å². The van der Waals surface area contributed by atoms with Gasteiger partial charge in [-0.1, -0.05) is 36.9 Å². The highest BCUT2D eigenvalue weighted by Gasteiger charge is 2.44. The lowest BCUT2D eigenvalue weighted by Crippen LogP contribution is -2.57. The second-order valence-corrected chi connectivity index (χ2v) is 8.20. The zero-order valence-corrected chi connectivity index (χ0v) is 17.5. The van der Waals surface area contributed by atoms with Gasteiger partial charge in [0.2, 0.25) is 0 Å². The highest BCUT2D eigenvalue weighted by Crippen LogP contribution is 2.40. The number of ether oxygens (including phenoxy) is 2. The van der Waals surface area contributed by atoms with Gasteiger partial charge in [0.25, 0.3) is 0 Å². The minimum absolute atomic E-state index is 0.301. The maximum Gasteiger partial charge on any atom is 0.138 e. The summed E-state index contributed by atoms with van der Waals surface area (Å²) in [6.45, 7) is 1.48. The van der Waals surface area contributed by atoms with E-state index in [4.69, 9.17) is 9.47 Å². The number of nitriles is 1. The molecule has 6 atom stereocenters. The molecule has 1 fully saturated rings. The second kappa shape index (κ2) is 9.83. The van der Waals surface area contributed by atoms with Gasteiger partial charge in [-0.2, -0.15) is 5.26 Å². The molecular weight excluding hydrogens is 408 g/mol. The van der Waals surface area contributed by atoms with Crippen molar-refractivity contribution in [3.8, 4) is 11.8 Å². The third-order valence-electron chi connectivity index (χ3n) is 5.26. The van der Waals surface area contributed by atoms with Crippen molar-refractivity contribution >= 4 is 11.8 Å². The monoisotopic (exact) mass is 434 g/mol. The van der Waals surface area contributed by atoms with E-state index >= 15 is 0 Å². The lowest BCUT2D eigenvalue weighted by Gasteiger charge is -2.40. The summed E-state index contributed by atoms with van der Waals surface area (Å²) >= 11 is 1.06. The Balaban J connectivity index is 1.93. The van der Waals surface area contributed by atoms with Gasteiger partial charge >= 0.3 is 0 Å². The topological polar surface area (TPSA) is 135 Å². The van der Waals surface area contributed by atoms with E-state index < -0.39 is 36.5 Å². The smallest absolute Gasteiger partial charge is 0.138 e. The highest BCUT2D eigenvalue weighted by atomic mass is 32.2. The van der Waals surface area contributed by atoms with E-state index in [0.717, 1.165) is 23.0 Å². The van der Waals surface area contributed by atoms with Gasteiger partial charge in [-0.05, 0) is 24.1 Å². The molecule has 0 amide bonds. The number of nitrogens with one attached hydrogen (secondary N) is 1. The van der Waals surface area contributed by atoms with Crippen LogP contribution in [-0.2, 0) is 4.74 Å². The first-order chi connectivity index (χ1) is 14.4. The number of nitrogens with zero attached hydrogens (tertiary/aromatic N) is 1. The van der Waals surface area contributed by atoms with Gasteiger partial charge in [0.15, 0.2) is 0 Å². The third-order valence-corrected chi connectivity index (χ3v) is 6.44. The van der Waals surface area contributed by atoms with Crippen LogP contribution in [0.25, 0.3) is 0 Å². The average Bonchev–Trinajstić information content (AvgIpc) is 2.78. The number of aliphatic hydroxyl groups is 4. The molecule has 1 unspecified atom stereocenters. The maximum absolute atomic E-state index is 10.4. The minimum atomic E-state index is -1.47. The van der Waals surface area contributed by atoms with Gasteiger partial charge < -0.3 is 35.2 Å². The molecule has 0 radical (unpaired) electrons. The Morgan fingerprint density at radius 3 is 2.43 bits per heavy atom. The van der Waals surface area contributed by atoms with Crippen LogP contribution in [0.5, 0.6) is 5.75 Å². The molecule has 0 spiro atoms. The van der Waals surface area contributed by atoms with Crippen molar-refractivity contribution in [1.82, 2.24) is 5.32 Å². The summed E-state index contributed by atoms with van der Waals surface area (Å²) in [6, 6.07) is 9.70. The largest absolute Gasteiger partial charge is 0.497 e. The molecule has 0 bridgehead atoms. The van der Waals surface area contributed by atoms with Crippen LogP contribution in [0, 0.1) is 11.3 Å². The van der Waals surface area contributed by atoms with Crippen molar-refractivity contribution in [3.63, 3.8) is 0 Å². The van der Waals surface area contributed by atoms with Gasteiger partial charge in [0.1, 0.15) is 35.6 Å². The molecule has 0 saturated carbocycles. The number of hydrogen-bond acceptors (Lipinski definition) is 9. The predicted octanol–water partition coefficient (Wildman–Crippen LogP) is 0.944. The number of aliphatic hydroxyl groups excluding tert-OH is 4. The van der Waals surface area contributed by atoms with Crippen LogP contribution in [-0.4, -0.2) is 64.0 Å². The molecule has 2 aliphatic rings. The molecule has 1 saturated heterocycles. The molecular formula is C21H26N2O6S. The summed E-state index contributed by atoms with van der Waals surface area (Å²) in [5.74, 6) is 0.412. The fourth-order valence-electron chi connectivity index (χ4n) is 3.46. The summed E-state index contributed by atoms with van der Waals surface area (Å²) in [4.78, 5) is 0. The summed E-state index contributed by atoms with van der Waals surface area (Å²) in [5, 5.41) is 53.5. The molecule has 1 aromatic carbocycles. The molecule has 2 heterocycles. The van der Waals surface area contributed by atoms with Crippen molar-refractivity contribution < 1.29 is 29.9 Å². The Hall–Kier alpha value is -2.06. The molecule has 9 heteroatoms. The van der Waals surface area contributed by atoms with E-state index in [1.165, 1.54) is 0 Å². The molecule has 3 rings (SSSR count). The fourth-order valence-corrected chi connectivity index (χ4v) is 4.68. The van der Waals surface area contributed by atoms with Crippen LogP contribution >= 0.6 is 11.8 Å². The number of dihydropyridines is 1. The Labute approximate surface area is 179 Å². The number of methoxy groups -OCH3 is 1. The molecule has 30 heavy (non-hydrogen) atoms. The van der Waals surface area contributed by atoms with Crippen LogP contribution in [0.2, 0.25) is 0 Å². The van der Waals surface area contributed by atoms with Crippen LogP contribution in [0.4, 0.5) is 0 Å². The third kappa shape index (κ3) is 4.49. The van der Waals surface area contributed by atoms with Crippen molar-refractivity contribution in [3.05, 3.63) is 52.2 Å². The van der Waals surface area contributed by atoms with Crippen LogP contribution in [0.3, 0.4) is 0 Å². The van der Waals surface area contributed by atoms with Gasteiger partial charge in [-0.3, -0.25) is 0 Å². The number of rotatable bonds is 6. The summed E-state index contributed by atoms with van der Waals surface area (Å²) in [7, 11) is 1.59. The summed E-state index contributed by atoms with van der Waals surface area (Å²) < 4.78 is 10.8. The van der Waals surface area contributed by atoms with Gasteiger partial charge in [0.05, 0.1) is 30.4 Å². The van der Waals surface area contributed by atoms with Gasteiger partial charge in [-0.15, -0.1) is 0 Å². The molecule has 2 aliphatic heterocycles.